The van der Waals surface area contributed by atoms with Gasteiger partial charge in [-0.3, -0.25) is 4.90 Å². The first kappa shape index (κ1) is 19.4. The Balaban J connectivity index is 1.79. The number of hydrogen-bond acceptors (Lipinski definition) is 4. The Morgan fingerprint density at radius 3 is 2.48 bits per heavy atom. The van der Waals surface area contributed by atoms with Crippen molar-refractivity contribution >= 4 is 33.2 Å². The average Bonchev–Trinajstić information content (AvgIpc) is 2.64. The average molecular weight is 407 g/mol. The van der Waals surface area contributed by atoms with Crippen LogP contribution in [0.5, 0.6) is 0 Å². The lowest BCUT2D eigenvalue weighted by molar-refractivity contribution is -0.0348. The molecule has 1 aliphatic heterocycles. The fraction of sp³-hybridized carbons (Fsp3) is 0.647. The zero-order valence-electron chi connectivity index (χ0n) is 14.1. The van der Waals surface area contributed by atoms with E-state index in [0.717, 1.165) is 38.8 Å². The second-order valence-corrected chi connectivity index (χ2v) is 9.28. The van der Waals surface area contributed by atoms with Crippen LogP contribution in [0.1, 0.15) is 32.1 Å². The lowest BCUT2D eigenvalue weighted by Gasteiger charge is -2.48. The minimum atomic E-state index is -3.71. The molecule has 1 aromatic rings. The summed E-state index contributed by atoms with van der Waals surface area (Å²) in [6.07, 6.45) is 5.45. The molecule has 0 atom stereocenters. The summed E-state index contributed by atoms with van der Waals surface area (Å²) in [5, 5.41) is 0.311. The van der Waals surface area contributed by atoms with Gasteiger partial charge in [-0.05, 0) is 25.0 Å². The van der Waals surface area contributed by atoms with E-state index in [1.54, 1.807) is 12.1 Å². The first-order valence-corrected chi connectivity index (χ1v) is 11.0. The van der Waals surface area contributed by atoms with Crippen LogP contribution in [0.25, 0.3) is 0 Å². The molecule has 5 nitrogen and oxygen atoms in total. The van der Waals surface area contributed by atoms with Crippen molar-refractivity contribution in [2.24, 2.45) is 0 Å². The minimum Gasteiger partial charge on any atom is -0.379 e. The summed E-state index contributed by atoms with van der Waals surface area (Å²) in [7, 11) is -3.71. The van der Waals surface area contributed by atoms with Gasteiger partial charge in [0.2, 0.25) is 10.0 Å². The maximum atomic E-state index is 12.8. The third kappa shape index (κ3) is 4.31. The number of sulfonamides is 1. The van der Waals surface area contributed by atoms with Gasteiger partial charge in [-0.15, -0.1) is 0 Å². The van der Waals surface area contributed by atoms with Gasteiger partial charge in [0, 0.05) is 25.2 Å². The predicted octanol–water partition coefficient (Wildman–Crippen LogP) is 3.31. The maximum absolute atomic E-state index is 12.8. The fourth-order valence-corrected chi connectivity index (χ4v) is 5.73. The van der Waals surface area contributed by atoms with Crippen molar-refractivity contribution in [3.8, 4) is 0 Å². The molecular formula is C17H24Cl2N2O3S. The molecule has 1 N–H and O–H groups in total. The molecule has 0 unspecified atom stereocenters. The van der Waals surface area contributed by atoms with E-state index >= 15 is 0 Å². The largest absolute Gasteiger partial charge is 0.379 e. The van der Waals surface area contributed by atoms with E-state index < -0.39 is 10.0 Å². The Labute approximate surface area is 159 Å². The topological polar surface area (TPSA) is 58.6 Å². The summed E-state index contributed by atoms with van der Waals surface area (Å²) in [6, 6.07) is 4.67. The summed E-state index contributed by atoms with van der Waals surface area (Å²) in [5.41, 5.74) is -0.139. The molecule has 0 spiro atoms. The molecule has 1 aromatic carbocycles. The van der Waals surface area contributed by atoms with Crippen LogP contribution < -0.4 is 4.72 Å². The minimum absolute atomic E-state index is 0.0367. The lowest BCUT2D eigenvalue weighted by atomic mass is 9.80. The van der Waals surface area contributed by atoms with Gasteiger partial charge in [0.1, 0.15) is 4.90 Å². The van der Waals surface area contributed by atoms with Crippen LogP contribution >= 0.6 is 23.2 Å². The van der Waals surface area contributed by atoms with Crippen molar-refractivity contribution in [3.63, 3.8) is 0 Å². The zero-order chi connectivity index (χ0) is 17.9. The van der Waals surface area contributed by atoms with Crippen LogP contribution in [0, 0.1) is 0 Å². The van der Waals surface area contributed by atoms with Crippen LogP contribution in [0.2, 0.25) is 10.0 Å². The molecule has 0 bridgehead atoms. The standard InChI is InChI=1S/C17H24Cl2N2O3S/c18-14-5-4-6-15(16(14)19)25(22,23)20-13-17(7-2-1-3-8-17)21-9-11-24-12-10-21/h4-6,20H,1-3,7-13H2. The number of rotatable bonds is 5. The van der Waals surface area contributed by atoms with Gasteiger partial charge < -0.3 is 4.74 Å². The smallest absolute Gasteiger partial charge is 0.242 e. The summed E-state index contributed by atoms with van der Waals surface area (Å²) in [5.74, 6) is 0. The van der Waals surface area contributed by atoms with Crippen molar-refractivity contribution in [3.05, 3.63) is 28.2 Å². The summed E-state index contributed by atoms with van der Waals surface area (Å²) >= 11 is 12.1. The highest BCUT2D eigenvalue weighted by Gasteiger charge is 2.39. The van der Waals surface area contributed by atoms with E-state index in [2.05, 4.69) is 9.62 Å². The van der Waals surface area contributed by atoms with E-state index in [4.69, 9.17) is 27.9 Å². The molecule has 1 saturated carbocycles. The third-order valence-electron chi connectivity index (χ3n) is 5.26. The van der Waals surface area contributed by atoms with Crippen molar-refractivity contribution < 1.29 is 13.2 Å². The van der Waals surface area contributed by atoms with Gasteiger partial charge in [0.15, 0.2) is 0 Å². The molecule has 2 aliphatic rings. The molecule has 0 radical (unpaired) electrons. The number of halogens is 2. The van der Waals surface area contributed by atoms with Gasteiger partial charge in [0.05, 0.1) is 23.3 Å². The molecule has 1 saturated heterocycles. The quantitative estimate of drug-likeness (QED) is 0.814. The number of benzene rings is 1. The Morgan fingerprint density at radius 1 is 1.12 bits per heavy atom. The second-order valence-electron chi connectivity index (χ2n) is 6.76. The molecule has 0 aromatic heterocycles. The molecular weight excluding hydrogens is 383 g/mol. The molecule has 8 heteroatoms. The van der Waals surface area contributed by atoms with E-state index in [1.165, 1.54) is 12.5 Å². The highest BCUT2D eigenvalue weighted by Crippen LogP contribution is 2.35. The molecule has 1 aliphatic carbocycles. The number of morpholine rings is 1. The summed E-state index contributed by atoms with van der Waals surface area (Å²) < 4.78 is 33.8. The number of nitrogens with one attached hydrogen (secondary N) is 1. The van der Waals surface area contributed by atoms with E-state index in [9.17, 15) is 8.42 Å². The van der Waals surface area contributed by atoms with Crippen molar-refractivity contribution in [1.29, 1.82) is 0 Å². The Morgan fingerprint density at radius 2 is 1.80 bits per heavy atom. The van der Waals surface area contributed by atoms with Crippen LogP contribution in [0.15, 0.2) is 23.1 Å². The van der Waals surface area contributed by atoms with Crippen LogP contribution in [0.4, 0.5) is 0 Å². The van der Waals surface area contributed by atoms with Crippen molar-refractivity contribution in [2.75, 3.05) is 32.8 Å². The SMILES string of the molecule is O=S(=O)(NCC1(N2CCOCC2)CCCCC1)c1cccc(Cl)c1Cl. The predicted molar refractivity (Wildman–Crippen MR) is 99.9 cm³/mol. The monoisotopic (exact) mass is 406 g/mol. The molecule has 140 valence electrons. The van der Waals surface area contributed by atoms with Crippen molar-refractivity contribution in [2.45, 2.75) is 42.5 Å². The number of nitrogens with zero attached hydrogens (tertiary/aromatic N) is 1. The second kappa shape index (κ2) is 8.11. The third-order valence-corrected chi connectivity index (χ3v) is 7.64. The van der Waals surface area contributed by atoms with Gasteiger partial charge in [-0.25, -0.2) is 13.1 Å². The molecule has 0 amide bonds. The van der Waals surface area contributed by atoms with Crippen LogP contribution in [0.3, 0.4) is 0 Å². The first-order valence-electron chi connectivity index (χ1n) is 8.71. The van der Waals surface area contributed by atoms with Crippen LogP contribution in [-0.4, -0.2) is 51.7 Å². The number of hydrogen-bond donors (Lipinski definition) is 1. The normalized spacial score (nSPS) is 22.0. The number of ether oxygens (including phenoxy) is 1. The molecule has 3 rings (SSSR count). The highest BCUT2D eigenvalue weighted by atomic mass is 35.5. The van der Waals surface area contributed by atoms with Crippen molar-refractivity contribution in [1.82, 2.24) is 9.62 Å². The fourth-order valence-electron chi connectivity index (χ4n) is 3.85. The Hall–Kier alpha value is -0.370. The van der Waals surface area contributed by atoms with E-state index in [-0.39, 0.29) is 20.5 Å². The van der Waals surface area contributed by atoms with Gasteiger partial charge >= 0.3 is 0 Å². The van der Waals surface area contributed by atoms with Crippen LogP contribution in [-0.2, 0) is 14.8 Å². The first-order chi connectivity index (χ1) is 11.9. The van der Waals surface area contributed by atoms with Gasteiger partial charge in [0.25, 0.3) is 0 Å². The Bertz CT molecular complexity index is 700. The molecule has 25 heavy (non-hydrogen) atoms. The van der Waals surface area contributed by atoms with Gasteiger partial charge in [-0.2, -0.15) is 0 Å². The summed E-state index contributed by atoms with van der Waals surface area (Å²) in [4.78, 5) is 2.44. The Kier molecular flexibility index (Phi) is 6.29. The zero-order valence-corrected chi connectivity index (χ0v) is 16.5. The van der Waals surface area contributed by atoms with Gasteiger partial charge in [-0.1, -0.05) is 48.5 Å². The summed E-state index contributed by atoms with van der Waals surface area (Å²) in [6.45, 7) is 3.49. The highest BCUT2D eigenvalue weighted by molar-refractivity contribution is 7.89. The van der Waals surface area contributed by atoms with E-state index in [0.29, 0.717) is 19.8 Å². The van der Waals surface area contributed by atoms with E-state index in [1.807, 2.05) is 0 Å². The molecule has 1 heterocycles. The lowest BCUT2D eigenvalue weighted by Crippen LogP contribution is -2.59. The molecule has 2 fully saturated rings. The maximum Gasteiger partial charge on any atom is 0.242 e.